The van der Waals surface area contributed by atoms with Gasteiger partial charge in [0.2, 0.25) is 0 Å². The maximum Gasteiger partial charge on any atom is 0.186 e. The summed E-state index contributed by atoms with van der Waals surface area (Å²) in [5, 5.41) is 0. The van der Waals surface area contributed by atoms with Crippen LogP contribution in [0.3, 0.4) is 0 Å². The Morgan fingerprint density at radius 3 is 2.38 bits per heavy atom. The van der Waals surface area contributed by atoms with Gasteiger partial charge in [-0.3, -0.25) is 0 Å². The van der Waals surface area contributed by atoms with E-state index in [0.717, 1.165) is 5.56 Å². The molecule has 1 unspecified atom stereocenters. The molecule has 0 spiro atoms. The first-order valence-corrected chi connectivity index (χ1v) is 8.73. The second-order valence-corrected chi connectivity index (χ2v) is 6.13. The van der Waals surface area contributed by atoms with E-state index in [2.05, 4.69) is 13.2 Å². The van der Waals surface area contributed by atoms with Crippen LogP contribution in [0.15, 0.2) is 55.6 Å². The van der Waals surface area contributed by atoms with Crippen molar-refractivity contribution in [2.45, 2.75) is 37.0 Å². The predicted octanol–water partition coefficient (Wildman–Crippen LogP) is 2.61. The Labute approximate surface area is 154 Å². The first kappa shape index (κ1) is 19.2. The van der Waals surface area contributed by atoms with Crippen molar-refractivity contribution in [2.75, 3.05) is 26.9 Å². The van der Waals surface area contributed by atoms with E-state index in [9.17, 15) is 0 Å². The Morgan fingerprint density at radius 2 is 1.73 bits per heavy atom. The molecule has 2 saturated heterocycles. The van der Waals surface area contributed by atoms with E-state index in [-0.39, 0.29) is 18.3 Å². The van der Waals surface area contributed by atoms with Crippen LogP contribution in [0.5, 0.6) is 0 Å². The number of rotatable bonds is 8. The first-order chi connectivity index (χ1) is 12.8. The normalized spacial score (nSPS) is 34.0. The minimum Gasteiger partial charge on any atom is -0.368 e. The van der Waals surface area contributed by atoms with Crippen LogP contribution in [0.2, 0.25) is 0 Å². The van der Waals surface area contributed by atoms with E-state index in [0.29, 0.717) is 19.8 Å². The molecule has 2 aliphatic heterocycles. The van der Waals surface area contributed by atoms with Gasteiger partial charge in [0, 0.05) is 12.7 Å². The van der Waals surface area contributed by atoms with Gasteiger partial charge in [-0.2, -0.15) is 0 Å². The van der Waals surface area contributed by atoms with E-state index in [1.54, 1.807) is 19.3 Å². The summed E-state index contributed by atoms with van der Waals surface area (Å²) in [6, 6.07) is 9.80. The number of hydrogen-bond acceptors (Lipinski definition) is 6. The third kappa shape index (κ3) is 4.23. The highest BCUT2D eigenvalue weighted by molar-refractivity contribution is 5.16. The minimum absolute atomic E-state index is 0.307. The zero-order chi connectivity index (χ0) is 18.4. The molecular weight excluding hydrogens is 336 g/mol. The molecule has 1 aromatic rings. The Kier molecular flexibility index (Phi) is 6.96. The van der Waals surface area contributed by atoms with Gasteiger partial charge in [0.25, 0.3) is 0 Å². The summed E-state index contributed by atoms with van der Waals surface area (Å²) < 4.78 is 35.5. The average Bonchev–Trinajstić information content (AvgIpc) is 2.70. The molecule has 0 N–H and O–H groups in total. The van der Waals surface area contributed by atoms with Crippen molar-refractivity contribution in [3.05, 3.63) is 61.2 Å². The summed E-state index contributed by atoms with van der Waals surface area (Å²) in [5.41, 5.74) is 0.950. The predicted molar refractivity (Wildman–Crippen MR) is 95.6 cm³/mol. The average molecular weight is 362 g/mol. The van der Waals surface area contributed by atoms with Crippen molar-refractivity contribution in [3.63, 3.8) is 0 Å². The third-order valence-electron chi connectivity index (χ3n) is 4.40. The molecule has 2 heterocycles. The van der Waals surface area contributed by atoms with Crippen molar-refractivity contribution >= 4 is 0 Å². The quantitative estimate of drug-likeness (QED) is 0.663. The summed E-state index contributed by atoms with van der Waals surface area (Å²) in [5.74, 6) is 0. The minimum atomic E-state index is -0.577. The largest absolute Gasteiger partial charge is 0.368 e. The molecule has 2 fully saturated rings. The van der Waals surface area contributed by atoms with Crippen LogP contribution >= 0.6 is 0 Å². The summed E-state index contributed by atoms with van der Waals surface area (Å²) in [6.45, 7) is 8.54. The molecule has 26 heavy (non-hydrogen) atoms. The van der Waals surface area contributed by atoms with E-state index < -0.39 is 18.7 Å². The fourth-order valence-electron chi connectivity index (χ4n) is 3.24. The van der Waals surface area contributed by atoms with Gasteiger partial charge in [0.1, 0.15) is 24.4 Å². The molecular formula is C20H26O6. The van der Waals surface area contributed by atoms with Crippen molar-refractivity contribution in [3.8, 4) is 0 Å². The van der Waals surface area contributed by atoms with Crippen LogP contribution in [0.25, 0.3) is 0 Å². The summed E-state index contributed by atoms with van der Waals surface area (Å²) in [6.07, 6.45) is 0.835. The maximum atomic E-state index is 6.22. The summed E-state index contributed by atoms with van der Waals surface area (Å²) in [7, 11) is 1.58. The molecule has 142 valence electrons. The summed E-state index contributed by atoms with van der Waals surface area (Å²) in [4.78, 5) is 0. The zero-order valence-electron chi connectivity index (χ0n) is 15.0. The lowest BCUT2D eigenvalue weighted by molar-refractivity contribution is -0.365. The summed E-state index contributed by atoms with van der Waals surface area (Å²) >= 11 is 0. The van der Waals surface area contributed by atoms with Crippen molar-refractivity contribution in [1.82, 2.24) is 0 Å². The molecule has 0 saturated carbocycles. The number of methoxy groups -OCH3 is 1. The number of hydrogen-bond donors (Lipinski definition) is 0. The third-order valence-corrected chi connectivity index (χ3v) is 4.40. The molecule has 0 amide bonds. The molecule has 0 radical (unpaired) electrons. The standard InChI is InChI=1S/C20H26O6/c1-4-11-22-17-16-15(25-20(21-3)18(17)23-12-5-2)13-24-19(26-16)14-9-7-6-8-10-14/h4-10,15-20H,1-2,11-13H2,3H3/t15-,16-,17+,18-,19?,20+/m1/s1. The lowest BCUT2D eigenvalue weighted by atomic mass is 9.97. The van der Waals surface area contributed by atoms with Gasteiger partial charge >= 0.3 is 0 Å². The monoisotopic (exact) mass is 362 g/mol. The van der Waals surface area contributed by atoms with Gasteiger partial charge in [-0.15, -0.1) is 13.2 Å². The maximum absolute atomic E-state index is 6.22. The van der Waals surface area contributed by atoms with Crippen LogP contribution in [0.4, 0.5) is 0 Å². The fraction of sp³-hybridized carbons (Fsp3) is 0.500. The highest BCUT2D eigenvalue weighted by Crippen LogP contribution is 2.36. The molecule has 2 aliphatic rings. The second kappa shape index (κ2) is 9.41. The zero-order valence-corrected chi connectivity index (χ0v) is 15.0. The molecule has 0 aliphatic carbocycles. The fourth-order valence-corrected chi connectivity index (χ4v) is 3.24. The van der Waals surface area contributed by atoms with Gasteiger partial charge in [-0.1, -0.05) is 42.5 Å². The van der Waals surface area contributed by atoms with Gasteiger partial charge in [-0.05, 0) is 0 Å². The van der Waals surface area contributed by atoms with Crippen LogP contribution in [0, 0.1) is 0 Å². The Hall–Kier alpha value is -1.54. The first-order valence-electron chi connectivity index (χ1n) is 8.73. The smallest absolute Gasteiger partial charge is 0.186 e. The Balaban J connectivity index is 1.81. The molecule has 6 nitrogen and oxygen atoms in total. The molecule has 6 heteroatoms. The van der Waals surface area contributed by atoms with Crippen LogP contribution in [-0.2, 0) is 28.4 Å². The molecule has 6 atom stereocenters. The lowest BCUT2D eigenvalue weighted by Crippen LogP contribution is -2.63. The van der Waals surface area contributed by atoms with E-state index >= 15 is 0 Å². The van der Waals surface area contributed by atoms with E-state index in [1.807, 2.05) is 30.3 Å². The SMILES string of the molecule is C=CCO[C@@H]1[C@@H](OCC=C)[C@@H](OC)O[C@@H]2COC(c3ccccc3)O[C@@H]12. The number of ether oxygens (including phenoxy) is 6. The van der Waals surface area contributed by atoms with Gasteiger partial charge in [0.15, 0.2) is 12.6 Å². The lowest BCUT2D eigenvalue weighted by Gasteiger charge is -2.48. The number of benzene rings is 1. The Bertz CT molecular complexity index is 577. The second-order valence-electron chi connectivity index (χ2n) is 6.13. The number of fused-ring (bicyclic) bond motifs is 1. The molecule has 0 aromatic heterocycles. The van der Waals surface area contributed by atoms with Gasteiger partial charge < -0.3 is 28.4 Å². The van der Waals surface area contributed by atoms with Crippen LogP contribution in [-0.4, -0.2) is 57.6 Å². The molecule has 0 bridgehead atoms. The highest BCUT2D eigenvalue weighted by Gasteiger charge is 2.51. The van der Waals surface area contributed by atoms with Crippen LogP contribution in [0.1, 0.15) is 11.9 Å². The molecule has 3 rings (SSSR count). The van der Waals surface area contributed by atoms with Gasteiger partial charge in [-0.25, -0.2) is 0 Å². The van der Waals surface area contributed by atoms with Crippen molar-refractivity contribution < 1.29 is 28.4 Å². The highest BCUT2D eigenvalue weighted by atomic mass is 16.8. The van der Waals surface area contributed by atoms with Crippen LogP contribution < -0.4 is 0 Å². The van der Waals surface area contributed by atoms with E-state index in [4.69, 9.17) is 28.4 Å². The Morgan fingerprint density at radius 1 is 1.04 bits per heavy atom. The van der Waals surface area contributed by atoms with Gasteiger partial charge in [0.05, 0.1) is 19.8 Å². The van der Waals surface area contributed by atoms with Crippen molar-refractivity contribution in [2.24, 2.45) is 0 Å². The molecule has 1 aromatic carbocycles. The van der Waals surface area contributed by atoms with Crippen molar-refractivity contribution in [1.29, 1.82) is 0 Å². The van der Waals surface area contributed by atoms with E-state index in [1.165, 1.54) is 0 Å². The topological polar surface area (TPSA) is 55.4 Å².